The molecule has 1 fully saturated rings. The molecule has 4 nitrogen and oxygen atoms in total. The summed E-state index contributed by atoms with van der Waals surface area (Å²) in [6.07, 6.45) is 4.39. The molecule has 0 radical (unpaired) electrons. The van der Waals surface area contributed by atoms with Crippen molar-refractivity contribution in [3.8, 4) is 11.5 Å². The third-order valence-electron chi connectivity index (χ3n) is 5.80. The van der Waals surface area contributed by atoms with Crippen LogP contribution in [0.4, 0.5) is 0 Å². The average molecular weight is 427 g/mol. The van der Waals surface area contributed by atoms with Crippen LogP contribution in [0.2, 0.25) is 0 Å². The molecular weight excluding hydrogens is 408 g/mol. The van der Waals surface area contributed by atoms with Crippen molar-refractivity contribution >= 4 is 38.6 Å². The van der Waals surface area contributed by atoms with Gasteiger partial charge in [-0.25, -0.2) is 9.59 Å². The largest absolute Gasteiger partial charge is 0.422 e. The number of hydrogen-bond acceptors (Lipinski definition) is 4. The molecule has 3 unspecified atom stereocenters. The van der Waals surface area contributed by atoms with Gasteiger partial charge in [0.25, 0.3) is 0 Å². The summed E-state index contributed by atoms with van der Waals surface area (Å²) in [5.41, 5.74) is 1.98. The fourth-order valence-electron chi connectivity index (χ4n) is 4.69. The molecule has 0 heterocycles. The normalized spacial score (nSPS) is 22.4. The smallest absolute Gasteiger partial charge is 0.335 e. The van der Waals surface area contributed by atoms with Gasteiger partial charge in [0.1, 0.15) is 11.5 Å². The highest BCUT2D eigenvalue weighted by atomic mass is 79.9. The van der Waals surface area contributed by atoms with Gasteiger partial charge in [-0.1, -0.05) is 48.1 Å². The SMILES string of the molecule is C=CC(=O)Oc1c2c(c(OC(=O)C=C)c3c(Br)cccc13)C1CCC2C1C. The fourth-order valence-corrected chi connectivity index (χ4v) is 5.23. The highest BCUT2D eigenvalue weighted by Crippen LogP contribution is 2.64. The minimum absolute atomic E-state index is 0.273. The molecule has 0 spiro atoms. The number of carbonyl (C=O) groups is 2. The van der Waals surface area contributed by atoms with Crippen LogP contribution in [-0.2, 0) is 9.59 Å². The number of esters is 2. The van der Waals surface area contributed by atoms with E-state index in [9.17, 15) is 9.59 Å². The van der Waals surface area contributed by atoms with E-state index in [1.165, 1.54) is 6.08 Å². The van der Waals surface area contributed by atoms with Crippen molar-refractivity contribution in [2.45, 2.75) is 31.6 Å². The molecule has 2 aliphatic rings. The molecule has 3 atom stereocenters. The van der Waals surface area contributed by atoms with E-state index >= 15 is 0 Å². The monoisotopic (exact) mass is 426 g/mol. The number of ether oxygens (including phenoxy) is 2. The highest BCUT2D eigenvalue weighted by Gasteiger charge is 2.48. The Balaban J connectivity index is 2.10. The van der Waals surface area contributed by atoms with Crippen LogP contribution in [-0.4, -0.2) is 11.9 Å². The predicted molar refractivity (Wildman–Crippen MR) is 107 cm³/mol. The first-order valence-corrected chi connectivity index (χ1v) is 9.73. The summed E-state index contributed by atoms with van der Waals surface area (Å²) in [4.78, 5) is 24.1. The fraction of sp³-hybridized carbons (Fsp3) is 0.273. The molecule has 0 aliphatic heterocycles. The van der Waals surface area contributed by atoms with Crippen LogP contribution in [0.25, 0.3) is 10.8 Å². The summed E-state index contributed by atoms with van der Waals surface area (Å²) in [6.45, 7) is 9.24. The van der Waals surface area contributed by atoms with Crippen LogP contribution < -0.4 is 9.47 Å². The lowest BCUT2D eigenvalue weighted by Crippen LogP contribution is -2.13. The van der Waals surface area contributed by atoms with Crippen molar-refractivity contribution in [1.29, 1.82) is 0 Å². The van der Waals surface area contributed by atoms with Crippen LogP contribution in [0.5, 0.6) is 11.5 Å². The topological polar surface area (TPSA) is 52.6 Å². The van der Waals surface area contributed by atoms with Crippen LogP contribution in [0.1, 0.15) is 42.7 Å². The van der Waals surface area contributed by atoms with Crippen molar-refractivity contribution in [3.05, 3.63) is 59.1 Å². The molecule has 4 rings (SSSR count). The summed E-state index contributed by atoms with van der Waals surface area (Å²) in [6, 6.07) is 5.64. The molecule has 0 amide bonds. The maximum absolute atomic E-state index is 12.1. The molecule has 138 valence electrons. The quantitative estimate of drug-likeness (QED) is 0.373. The van der Waals surface area contributed by atoms with Gasteiger partial charge in [-0.15, -0.1) is 0 Å². The standard InChI is InChI=1S/C22H19BrO4/c1-4-16(24)26-21-14-7-6-8-15(23)18(14)22(27-17(25)5-2)20-13-10-9-12(11(13)3)19(20)21/h4-8,11-13H,1-2,9-10H2,3H3. The Morgan fingerprint density at radius 1 is 1.04 bits per heavy atom. The maximum Gasteiger partial charge on any atom is 0.335 e. The van der Waals surface area contributed by atoms with E-state index in [2.05, 4.69) is 36.0 Å². The summed E-state index contributed by atoms with van der Waals surface area (Å²) >= 11 is 3.58. The van der Waals surface area contributed by atoms with Gasteiger partial charge in [0.05, 0.1) is 0 Å². The Morgan fingerprint density at radius 2 is 1.59 bits per heavy atom. The molecule has 1 saturated carbocycles. The van der Waals surface area contributed by atoms with Gasteiger partial charge in [0, 0.05) is 38.5 Å². The van der Waals surface area contributed by atoms with Gasteiger partial charge in [0.2, 0.25) is 0 Å². The number of halogens is 1. The Morgan fingerprint density at radius 3 is 2.19 bits per heavy atom. The number of fused-ring (bicyclic) bond motifs is 6. The first kappa shape index (κ1) is 18.0. The summed E-state index contributed by atoms with van der Waals surface area (Å²) < 4.78 is 12.2. The zero-order chi connectivity index (χ0) is 19.3. The Kier molecular flexibility index (Phi) is 4.42. The second-order valence-corrected chi connectivity index (χ2v) is 7.90. The third-order valence-corrected chi connectivity index (χ3v) is 6.46. The maximum atomic E-state index is 12.1. The lowest BCUT2D eigenvalue weighted by molar-refractivity contribution is -0.130. The van der Waals surface area contributed by atoms with Gasteiger partial charge in [-0.3, -0.25) is 0 Å². The van der Waals surface area contributed by atoms with E-state index in [1.54, 1.807) is 0 Å². The molecule has 2 aromatic rings. The van der Waals surface area contributed by atoms with Crippen molar-refractivity contribution in [3.63, 3.8) is 0 Å². The molecule has 2 aliphatic carbocycles. The third kappa shape index (κ3) is 2.64. The van der Waals surface area contributed by atoms with Gasteiger partial charge in [-0.2, -0.15) is 0 Å². The molecule has 0 N–H and O–H groups in total. The van der Waals surface area contributed by atoms with Crippen LogP contribution in [0, 0.1) is 5.92 Å². The molecule has 27 heavy (non-hydrogen) atoms. The highest BCUT2D eigenvalue weighted by molar-refractivity contribution is 9.10. The zero-order valence-electron chi connectivity index (χ0n) is 15.0. The Bertz CT molecular complexity index is 1010. The van der Waals surface area contributed by atoms with Crippen LogP contribution >= 0.6 is 15.9 Å². The molecule has 0 aromatic heterocycles. The molecule has 2 aromatic carbocycles. The Labute approximate surface area is 166 Å². The Hall–Kier alpha value is -2.40. The van der Waals surface area contributed by atoms with Crippen molar-refractivity contribution in [2.24, 2.45) is 5.92 Å². The summed E-state index contributed by atoms with van der Waals surface area (Å²) in [5, 5.41) is 1.47. The van der Waals surface area contributed by atoms with E-state index in [0.717, 1.165) is 45.3 Å². The minimum atomic E-state index is -0.500. The van der Waals surface area contributed by atoms with Crippen molar-refractivity contribution in [1.82, 2.24) is 0 Å². The lowest BCUT2D eigenvalue weighted by Gasteiger charge is -2.24. The minimum Gasteiger partial charge on any atom is -0.422 e. The summed E-state index contributed by atoms with van der Waals surface area (Å²) in [7, 11) is 0. The van der Waals surface area contributed by atoms with Crippen LogP contribution in [0.3, 0.4) is 0 Å². The molecule has 5 heteroatoms. The summed E-state index contributed by atoms with van der Waals surface area (Å²) in [5.74, 6) is 1.07. The van der Waals surface area contributed by atoms with Gasteiger partial charge < -0.3 is 9.47 Å². The second-order valence-electron chi connectivity index (χ2n) is 7.05. The van der Waals surface area contributed by atoms with E-state index in [0.29, 0.717) is 17.4 Å². The van der Waals surface area contributed by atoms with Crippen LogP contribution in [0.15, 0.2) is 48.0 Å². The van der Waals surface area contributed by atoms with Gasteiger partial charge in [-0.05, 0) is 36.7 Å². The van der Waals surface area contributed by atoms with E-state index in [1.807, 2.05) is 18.2 Å². The molecule has 2 bridgehead atoms. The van der Waals surface area contributed by atoms with E-state index in [-0.39, 0.29) is 11.8 Å². The van der Waals surface area contributed by atoms with E-state index in [4.69, 9.17) is 9.47 Å². The zero-order valence-corrected chi connectivity index (χ0v) is 16.5. The van der Waals surface area contributed by atoms with Gasteiger partial charge >= 0.3 is 11.9 Å². The number of hydrogen-bond donors (Lipinski definition) is 0. The second kappa shape index (κ2) is 6.64. The molecule has 0 saturated heterocycles. The van der Waals surface area contributed by atoms with Crippen molar-refractivity contribution in [2.75, 3.05) is 0 Å². The predicted octanol–water partition coefficient (Wildman–Crippen LogP) is 5.40. The first-order valence-electron chi connectivity index (χ1n) is 8.94. The average Bonchev–Trinajstić information content (AvgIpc) is 3.16. The number of carbonyl (C=O) groups excluding carboxylic acids is 2. The number of benzene rings is 2. The number of rotatable bonds is 4. The van der Waals surface area contributed by atoms with Crippen molar-refractivity contribution < 1.29 is 19.1 Å². The van der Waals surface area contributed by atoms with Gasteiger partial charge in [0.15, 0.2) is 0 Å². The lowest BCUT2D eigenvalue weighted by atomic mass is 9.87. The molecular formula is C22H19BrO4. The van der Waals surface area contributed by atoms with E-state index < -0.39 is 11.9 Å². The first-order chi connectivity index (χ1) is 13.0.